The summed E-state index contributed by atoms with van der Waals surface area (Å²) in [5.74, 6) is 1.41. The van der Waals surface area contributed by atoms with Crippen molar-refractivity contribution in [3.63, 3.8) is 0 Å². The fraction of sp³-hybridized carbons (Fsp3) is 0.500. The maximum Gasteiger partial charge on any atom is 0.290 e. The highest BCUT2D eigenvalue weighted by molar-refractivity contribution is 6.06. The number of aromatic nitrogens is 2. The van der Waals surface area contributed by atoms with Crippen molar-refractivity contribution < 1.29 is 19.4 Å². The fourth-order valence-electron chi connectivity index (χ4n) is 4.87. The summed E-state index contributed by atoms with van der Waals surface area (Å²) >= 11 is 0. The summed E-state index contributed by atoms with van der Waals surface area (Å²) in [5, 5.41) is 15.3. The first-order valence-corrected chi connectivity index (χ1v) is 10.3. The summed E-state index contributed by atoms with van der Waals surface area (Å²) in [6.07, 6.45) is 6.21. The van der Waals surface area contributed by atoms with Crippen molar-refractivity contribution in [2.75, 3.05) is 32.8 Å². The third kappa shape index (κ3) is 4.26. The molecule has 0 radical (unpaired) electrons. The van der Waals surface area contributed by atoms with Crippen LogP contribution >= 0.6 is 0 Å². The van der Waals surface area contributed by atoms with E-state index in [4.69, 9.17) is 14.6 Å². The molecule has 4 aliphatic rings. The van der Waals surface area contributed by atoms with Crippen LogP contribution in [0.1, 0.15) is 41.7 Å². The maximum absolute atomic E-state index is 12.9. The highest BCUT2D eigenvalue weighted by Crippen LogP contribution is 2.35. The van der Waals surface area contributed by atoms with Crippen LogP contribution in [0, 0.1) is 11.8 Å². The summed E-state index contributed by atoms with van der Waals surface area (Å²) in [6.45, 7) is 4.71. The first-order valence-electron chi connectivity index (χ1n) is 10.3. The normalized spacial score (nSPS) is 25.8. The Labute approximate surface area is 169 Å². The average Bonchev–Trinajstić information content (AvgIpc) is 3.19. The number of H-pyrrole nitrogens is 1. The van der Waals surface area contributed by atoms with Crippen molar-refractivity contribution in [2.45, 2.75) is 25.7 Å². The molecule has 2 aromatic rings. The topological polar surface area (TPSA) is 95.5 Å². The Kier molecular flexibility index (Phi) is 6.06. The van der Waals surface area contributed by atoms with E-state index >= 15 is 0 Å². The molecule has 0 saturated carbocycles. The molecule has 3 saturated heterocycles. The summed E-state index contributed by atoms with van der Waals surface area (Å²) < 4.78 is 5.39. The number of fused-ring (bicyclic) bond motifs is 4. The second kappa shape index (κ2) is 8.88. The first kappa shape index (κ1) is 19.8. The highest BCUT2D eigenvalue weighted by Gasteiger charge is 2.35. The van der Waals surface area contributed by atoms with Gasteiger partial charge in [-0.05, 0) is 67.5 Å². The van der Waals surface area contributed by atoms with E-state index in [0.717, 1.165) is 36.4 Å². The first-order chi connectivity index (χ1) is 14.2. The number of nitrogens with zero attached hydrogens (tertiary/aromatic N) is 2. The molecule has 2 bridgehead atoms. The van der Waals surface area contributed by atoms with Crippen LogP contribution < -0.4 is 0 Å². The highest BCUT2D eigenvalue weighted by atomic mass is 16.5. The molecule has 0 unspecified atom stereocenters. The third-order valence-electron chi connectivity index (χ3n) is 6.40. The van der Waals surface area contributed by atoms with Crippen LogP contribution in [-0.2, 0) is 9.53 Å². The molecule has 1 aromatic carbocycles. The Morgan fingerprint density at radius 3 is 2.79 bits per heavy atom. The molecule has 1 aromatic heterocycles. The Morgan fingerprint density at radius 2 is 2.14 bits per heavy atom. The summed E-state index contributed by atoms with van der Waals surface area (Å²) in [4.78, 5) is 23.8. The fourth-order valence-corrected chi connectivity index (χ4v) is 4.87. The van der Waals surface area contributed by atoms with Gasteiger partial charge in [-0.1, -0.05) is 12.1 Å². The van der Waals surface area contributed by atoms with Gasteiger partial charge in [0.25, 0.3) is 6.47 Å². The number of rotatable bonds is 4. The minimum absolute atomic E-state index is 0.188. The second-order valence-corrected chi connectivity index (χ2v) is 8.02. The van der Waals surface area contributed by atoms with Gasteiger partial charge in [0, 0.05) is 18.4 Å². The molecule has 154 valence electrons. The molecule has 5 heterocycles. The number of carbonyl (C=O) groups is 2. The van der Waals surface area contributed by atoms with E-state index in [1.54, 1.807) is 0 Å². The molecule has 0 spiro atoms. The van der Waals surface area contributed by atoms with Gasteiger partial charge in [0.2, 0.25) is 0 Å². The Bertz CT molecular complexity index is 912. The van der Waals surface area contributed by atoms with Gasteiger partial charge in [0.15, 0.2) is 5.78 Å². The van der Waals surface area contributed by atoms with Gasteiger partial charge >= 0.3 is 0 Å². The van der Waals surface area contributed by atoms with Crippen molar-refractivity contribution in [1.29, 1.82) is 0 Å². The smallest absolute Gasteiger partial charge is 0.290 e. The number of ketones is 1. The van der Waals surface area contributed by atoms with Gasteiger partial charge in [-0.3, -0.25) is 14.7 Å². The molecular formula is C22H27N3O4. The van der Waals surface area contributed by atoms with Crippen LogP contribution in [0.4, 0.5) is 0 Å². The van der Waals surface area contributed by atoms with Crippen LogP contribution in [0.15, 0.2) is 24.3 Å². The lowest BCUT2D eigenvalue weighted by atomic mass is 9.76. The maximum atomic E-state index is 12.9. The van der Waals surface area contributed by atoms with E-state index < -0.39 is 0 Å². The monoisotopic (exact) mass is 397 g/mol. The van der Waals surface area contributed by atoms with Crippen LogP contribution in [0.25, 0.3) is 16.5 Å². The van der Waals surface area contributed by atoms with Crippen LogP contribution in [0.2, 0.25) is 0 Å². The van der Waals surface area contributed by atoms with Crippen LogP contribution in [-0.4, -0.2) is 65.3 Å². The molecule has 0 amide bonds. The van der Waals surface area contributed by atoms with Gasteiger partial charge in [-0.25, -0.2) is 0 Å². The molecule has 7 heteroatoms. The molecule has 7 nitrogen and oxygen atoms in total. The summed E-state index contributed by atoms with van der Waals surface area (Å²) in [5.41, 5.74) is 4.07. The molecule has 3 fully saturated rings. The van der Waals surface area contributed by atoms with E-state index in [1.807, 2.05) is 6.07 Å². The molecule has 0 aliphatic carbocycles. The standard InChI is InChI=1S/C21H25N3O2.CH2O2/c25-20(12-17-13-24-7-3-14(17)4-8-24)21-18-2-1-16(11-19(18)22-23-21)15-5-9-26-10-6-15;2-1-3/h1-2,5,11,14,17H,3-4,6-10,12-13H2,(H,22,23);1H,(H,2,3)/t17-;/m0./s1. The lowest BCUT2D eigenvalue weighted by Crippen LogP contribution is -2.47. The number of benzene rings is 1. The molecular weight excluding hydrogens is 370 g/mol. The number of Topliss-reactive ketones (excluding diaryl/α,β-unsaturated/α-hetero) is 1. The van der Waals surface area contributed by atoms with E-state index in [0.29, 0.717) is 24.6 Å². The number of carbonyl (C=O) groups excluding carboxylic acids is 1. The number of aromatic amines is 1. The zero-order valence-corrected chi connectivity index (χ0v) is 16.5. The minimum Gasteiger partial charge on any atom is -0.483 e. The summed E-state index contributed by atoms with van der Waals surface area (Å²) in [7, 11) is 0. The molecule has 1 atom stereocenters. The van der Waals surface area contributed by atoms with Gasteiger partial charge in [0.05, 0.1) is 18.7 Å². The number of hydrogen-bond donors (Lipinski definition) is 2. The van der Waals surface area contributed by atoms with Crippen molar-refractivity contribution in [2.24, 2.45) is 11.8 Å². The van der Waals surface area contributed by atoms with E-state index in [1.165, 1.54) is 37.1 Å². The molecule has 29 heavy (non-hydrogen) atoms. The number of piperidine rings is 3. The van der Waals surface area contributed by atoms with Crippen molar-refractivity contribution in [3.05, 3.63) is 35.5 Å². The predicted octanol–water partition coefficient (Wildman–Crippen LogP) is 2.98. The van der Waals surface area contributed by atoms with Gasteiger partial charge < -0.3 is 14.7 Å². The third-order valence-corrected chi connectivity index (χ3v) is 6.40. The largest absolute Gasteiger partial charge is 0.483 e. The molecule has 4 aliphatic heterocycles. The molecule has 6 rings (SSSR count). The minimum atomic E-state index is -0.250. The SMILES string of the molecule is O=C(C[C@H]1CN2CCC1CC2)c1n[nH]c2cc(C3=CCOCC3)ccc12.O=CO. The van der Waals surface area contributed by atoms with Crippen molar-refractivity contribution in [3.8, 4) is 0 Å². The lowest BCUT2D eigenvalue weighted by Gasteiger charge is -2.44. The predicted molar refractivity (Wildman–Crippen MR) is 110 cm³/mol. The number of carboxylic acid groups (broad SMARTS) is 1. The average molecular weight is 397 g/mol. The zero-order chi connectivity index (χ0) is 20.2. The van der Waals surface area contributed by atoms with E-state index in [9.17, 15) is 4.79 Å². The number of hydrogen-bond acceptors (Lipinski definition) is 5. The number of nitrogens with one attached hydrogen (secondary N) is 1. The van der Waals surface area contributed by atoms with E-state index in [2.05, 4.69) is 33.3 Å². The van der Waals surface area contributed by atoms with Gasteiger partial charge in [-0.15, -0.1) is 0 Å². The quantitative estimate of drug-likeness (QED) is 0.608. The van der Waals surface area contributed by atoms with Crippen molar-refractivity contribution >= 4 is 28.7 Å². The van der Waals surface area contributed by atoms with Crippen LogP contribution in [0.3, 0.4) is 0 Å². The number of ether oxygens (including phenoxy) is 1. The Morgan fingerprint density at radius 1 is 1.34 bits per heavy atom. The zero-order valence-electron chi connectivity index (χ0n) is 16.5. The Hall–Kier alpha value is -2.51. The van der Waals surface area contributed by atoms with Crippen molar-refractivity contribution in [1.82, 2.24) is 15.1 Å². The molecule has 2 N–H and O–H groups in total. The van der Waals surface area contributed by atoms with Gasteiger partial charge in [0.1, 0.15) is 5.69 Å². The second-order valence-electron chi connectivity index (χ2n) is 8.02. The Balaban J connectivity index is 0.000000645. The van der Waals surface area contributed by atoms with Crippen LogP contribution in [0.5, 0.6) is 0 Å². The lowest BCUT2D eigenvalue weighted by molar-refractivity contribution is -0.122. The summed E-state index contributed by atoms with van der Waals surface area (Å²) in [6, 6.07) is 6.28. The van der Waals surface area contributed by atoms with E-state index in [-0.39, 0.29) is 12.3 Å². The van der Waals surface area contributed by atoms with Gasteiger partial charge in [-0.2, -0.15) is 5.10 Å².